The Morgan fingerprint density at radius 3 is 2.53 bits per heavy atom. The van der Waals surface area contributed by atoms with E-state index < -0.39 is 0 Å². The van der Waals surface area contributed by atoms with E-state index in [1.807, 2.05) is 6.07 Å². The first-order chi connectivity index (χ1) is 8.15. The van der Waals surface area contributed by atoms with E-state index >= 15 is 0 Å². The Morgan fingerprint density at radius 1 is 1.00 bits per heavy atom. The van der Waals surface area contributed by atoms with E-state index in [-0.39, 0.29) is 5.82 Å². The standard InChI is InChI=1S/C15H15FO/c1-11-6-7-13(8-12(11)2)10-17-15-5-3-4-14(16)9-15/h3-9H,10H2,1-2H3. The van der Waals surface area contributed by atoms with Crippen molar-refractivity contribution in [1.29, 1.82) is 0 Å². The lowest BCUT2D eigenvalue weighted by molar-refractivity contribution is 0.304. The van der Waals surface area contributed by atoms with Crippen molar-refractivity contribution in [3.8, 4) is 5.75 Å². The number of ether oxygens (including phenoxy) is 1. The lowest BCUT2D eigenvalue weighted by atomic mass is 10.1. The van der Waals surface area contributed by atoms with Crippen LogP contribution >= 0.6 is 0 Å². The van der Waals surface area contributed by atoms with E-state index in [0.717, 1.165) is 5.56 Å². The maximum atomic E-state index is 12.9. The van der Waals surface area contributed by atoms with Gasteiger partial charge in [0.05, 0.1) is 0 Å². The molecule has 0 radical (unpaired) electrons. The lowest BCUT2D eigenvalue weighted by Gasteiger charge is -2.08. The van der Waals surface area contributed by atoms with Crippen molar-refractivity contribution in [2.24, 2.45) is 0 Å². The van der Waals surface area contributed by atoms with Crippen LogP contribution in [0.1, 0.15) is 16.7 Å². The van der Waals surface area contributed by atoms with Gasteiger partial charge in [-0.15, -0.1) is 0 Å². The highest BCUT2D eigenvalue weighted by molar-refractivity contribution is 5.30. The van der Waals surface area contributed by atoms with Crippen molar-refractivity contribution >= 4 is 0 Å². The zero-order chi connectivity index (χ0) is 12.3. The average Bonchev–Trinajstić information content (AvgIpc) is 2.31. The fourth-order valence-corrected chi connectivity index (χ4v) is 1.62. The van der Waals surface area contributed by atoms with Crippen molar-refractivity contribution in [1.82, 2.24) is 0 Å². The second-order valence-corrected chi connectivity index (χ2v) is 4.16. The molecule has 1 nitrogen and oxygen atoms in total. The highest BCUT2D eigenvalue weighted by Crippen LogP contribution is 2.15. The summed E-state index contributed by atoms with van der Waals surface area (Å²) in [5.41, 5.74) is 3.60. The maximum Gasteiger partial charge on any atom is 0.126 e. The van der Waals surface area contributed by atoms with Gasteiger partial charge in [-0.2, -0.15) is 0 Å². The van der Waals surface area contributed by atoms with Crippen LogP contribution in [-0.2, 0) is 6.61 Å². The van der Waals surface area contributed by atoms with Crippen LogP contribution < -0.4 is 4.74 Å². The summed E-state index contributed by atoms with van der Waals surface area (Å²) < 4.78 is 18.5. The molecule has 0 atom stereocenters. The molecule has 0 aliphatic rings. The maximum absolute atomic E-state index is 12.9. The smallest absolute Gasteiger partial charge is 0.126 e. The number of aryl methyl sites for hydroxylation is 2. The summed E-state index contributed by atoms with van der Waals surface area (Å²) in [7, 11) is 0. The minimum Gasteiger partial charge on any atom is -0.489 e. The van der Waals surface area contributed by atoms with Crippen LogP contribution in [0.5, 0.6) is 5.75 Å². The third kappa shape index (κ3) is 3.06. The zero-order valence-corrected chi connectivity index (χ0v) is 10.0. The zero-order valence-electron chi connectivity index (χ0n) is 10.0. The molecule has 0 aliphatic carbocycles. The molecular weight excluding hydrogens is 215 g/mol. The van der Waals surface area contributed by atoms with Gasteiger partial charge in [-0.3, -0.25) is 0 Å². The molecule has 17 heavy (non-hydrogen) atoms. The van der Waals surface area contributed by atoms with Gasteiger partial charge in [0.15, 0.2) is 0 Å². The molecule has 0 amide bonds. The molecule has 2 heteroatoms. The quantitative estimate of drug-likeness (QED) is 0.773. The normalized spacial score (nSPS) is 10.3. The van der Waals surface area contributed by atoms with Gasteiger partial charge in [-0.25, -0.2) is 4.39 Å². The molecule has 2 aromatic rings. The Bertz CT molecular complexity index is 520. The third-order valence-corrected chi connectivity index (χ3v) is 2.77. The van der Waals surface area contributed by atoms with Gasteiger partial charge < -0.3 is 4.74 Å². The Labute approximate surface area is 101 Å². The van der Waals surface area contributed by atoms with Gasteiger partial charge in [0.2, 0.25) is 0 Å². The molecule has 0 bridgehead atoms. The molecule has 2 rings (SSSR count). The molecule has 0 saturated carbocycles. The second-order valence-electron chi connectivity index (χ2n) is 4.16. The van der Waals surface area contributed by atoms with Crippen molar-refractivity contribution in [3.63, 3.8) is 0 Å². The molecule has 0 fully saturated rings. The Kier molecular flexibility index (Phi) is 3.43. The summed E-state index contributed by atoms with van der Waals surface area (Å²) >= 11 is 0. The summed E-state index contributed by atoms with van der Waals surface area (Å²) in [5.74, 6) is 0.283. The molecule has 0 heterocycles. The third-order valence-electron chi connectivity index (χ3n) is 2.77. The number of rotatable bonds is 3. The molecule has 0 N–H and O–H groups in total. The number of hydrogen-bond acceptors (Lipinski definition) is 1. The largest absolute Gasteiger partial charge is 0.489 e. The average molecular weight is 230 g/mol. The van der Waals surface area contributed by atoms with Crippen LogP contribution in [0.4, 0.5) is 4.39 Å². The van der Waals surface area contributed by atoms with Gasteiger partial charge in [0.25, 0.3) is 0 Å². The molecule has 0 saturated heterocycles. The molecule has 0 spiro atoms. The fraction of sp³-hybridized carbons (Fsp3) is 0.200. The van der Waals surface area contributed by atoms with Crippen molar-refractivity contribution in [2.45, 2.75) is 20.5 Å². The highest BCUT2D eigenvalue weighted by atomic mass is 19.1. The van der Waals surface area contributed by atoms with Gasteiger partial charge in [0.1, 0.15) is 18.2 Å². The molecule has 2 aromatic carbocycles. The predicted molar refractivity (Wildman–Crippen MR) is 66.6 cm³/mol. The summed E-state index contributed by atoms with van der Waals surface area (Å²) in [5, 5.41) is 0. The van der Waals surface area contributed by atoms with Gasteiger partial charge in [0, 0.05) is 6.07 Å². The first-order valence-electron chi connectivity index (χ1n) is 5.59. The van der Waals surface area contributed by atoms with Gasteiger partial charge in [-0.05, 0) is 42.7 Å². The van der Waals surface area contributed by atoms with E-state index in [0.29, 0.717) is 12.4 Å². The highest BCUT2D eigenvalue weighted by Gasteiger charge is 1.99. The van der Waals surface area contributed by atoms with Crippen molar-refractivity contribution < 1.29 is 9.13 Å². The Morgan fingerprint density at radius 2 is 1.82 bits per heavy atom. The molecule has 0 aromatic heterocycles. The SMILES string of the molecule is Cc1ccc(COc2cccc(F)c2)cc1C. The minimum absolute atomic E-state index is 0.275. The lowest BCUT2D eigenvalue weighted by Crippen LogP contribution is -1.96. The molecule has 0 aliphatic heterocycles. The number of benzene rings is 2. The monoisotopic (exact) mass is 230 g/mol. The first-order valence-corrected chi connectivity index (χ1v) is 5.59. The number of halogens is 1. The van der Waals surface area contributed by atoms with Crippen molar-refractivity contribution in [2.75, 3.05) is 0 Å². The second kappa shape index (κ2) is 5.00. The van der Waals surface area contributed by atoms with Crippen molar-refractivity contribution in [3.05, 3.63) is 65.0 Å². The minimum atomic E-state index is -0.275. The van der Waals surface area contributed by atoms with Gasteiger partial charge in [-0.1, -0.05) is 24.3 Å². The van der Waals surface area contributed by atoms with Crippen LogP contribution in [-0.4, -0.2) is 0 Å². The van der Waals surface area contributed by atoms with E-state index in [9.17, 15) is 4.39 Å². The van der Waals surface area contributed by atoms with E-state index in [2.05, 4.69) is 26.0 Å². The van der Waals surface area contributed by atoms with E-state index in [4.69, 9.17) is 4.74 Å². The predicted octanol–water partition coefficient (Wildman–Crippen LogP) is 4.02. The van der Waals surface area contributed by atoms with Crippen LogP contribution in [0, 0.1) is 19.7 Å². The summed E-state index contributed by atoms with van der Waals surface area (Å²) in [6.07, 6.45) is 0. The van der Waals surface area contributed by atoms with E-state index in [1.165, 1.54) is 23.3 Å². The Balaban J connectivity index is 2.05. The van der Waals surface area contributed by atoms with Crippen LogP contribution in [0.25, 0.3) is 0 Å². The molecular formula is C15H15FO. The van der Waals surface area contributed by atoms with E-state index in [1.54, 1.807) is 12.1 Å². The summed E-state index contributed by atoms with van der Waals surface area (Å²) in [6, 6.07) is 12.4. The van der Waals surface area contributed by atoms with Crippen LogP contribution in [0.2, 0.25) is 0 Å². The molecule has 0 unspecified atom stereocenters. The number of hydrogen-bond donors (Lipinski definition) is 0. The van der Waals surface area contributed by atoms with Crippen LogP contribution in [0.3, 0.4) is 0 Å². The molecule has 88 valence electrons. The first kappa shape index (κ1) is 11.6. The summed E-state index contributed by atoms with van der Waals surface area (Å²) in [6.45, 7) is 4.61. The van der Waals surface area contributed by atoms with Gasteiger partial charge >= 0.3 is 0 Å². The Hall–Kier alpha value is -1.83. The fourth-order valence-electron chi connectivity index (χ4n) is 1.62. The summed E-state index contributed by atoms with van der Waals surface area (Å²) in [4.78, 5) is 0. The topological polar surface area (TPSA) is 9.23 Å². The van der Waals surface area contributed by atoms with Crippen LogP contribution in [0.15, 0.2) is 42.5 Å².